The summed E-state index contributed by atoms with van der Waals surface area (Å²) in [6, 6.07) is 12.8. The van der Waals surface area contributed by atoms with Gasteiger partial charge in [0, 0.05) is 18.8 Å². The fraction of sp³-hybridized carbons (Fsp3) is 0.333. The van der Waals surface area contributed by atoms with Gasteiger partial charge in [-0.2, -0.15) is 0 Å². The van der Waals surface area contributed by atoms with Gasteiger partial charge in [-0.05, 0) is 49.1 Å². The molecule has 2 aromatic carbocycles. The highest BCUT2D eigenvalue weighted by molar-refractivity contribution is 5.59. The van der Waals surface area contributed by atoms with Crippen LogP contribution in [0.4, 0.5) is 11.4 Å². The Bertz CT molecular complexity index is 652. The molecule has 0 saturated carbocycles. The van der Waals surface area contributed by atoms with Crippen LogP contribution in [-0.2, 0) is 13.0 Å². The molecule has 0 spiro atoms. The second-order valence-corrected chi connectivity index (χ2v) is 5.73. The van der Waals surface area contributed by atoms with Crippen molar-refractivity contribution in [2.24, 2.45) is 0 Å². The maximum Gasteiger partial charge on any atom is 0.141 e. The van der Waals surface area contributed by atoms with Crippen molar-refractivity contribution in [2.75, 3.05) is 24.3 Å². The molecule has 0 atom stereocenters. The molecule has 2 aromatic rings. The first kappa shape index (κ1) is 13.8. The Labute approximate surface area is 126 Å². The SMILES string of the molecule is COc1ccc(CN2CCCc3cc(C)ccc32)cc1N. The number of anilines is 2. The third-order valence-corrected chi connectivity index (χ3v) is 4.12. The second-order valence-electron chi connectivity index (χ2n) is 5.73. The van der Waals surface area contributed by atoms with E-state index >= 15 is 0 Å². The van der Waals surface area contributed by atoms with Crippen LogP contribution in [0.15, 0.2) is 36.4 Å². The first-order chi connectivity index (χ1) is 10.2. The molecule has 110 valence electrons. The van der Waals surface area contributed by atoms with Crippen molar-refractivity contribution in [3.8, 4) is 5.75 Å². The maximum absolute atomic E-state index is 6.01. The van der Waals surface area contributed by atoms with Crippen LogP contribution < -0.4 is 15.4 Å². The predicted octanol–water partition coefficient (Wildman–Crippen LogP) is 3.54. The van der Waals surface area contributed by atoms with Crippen molar-refractivity contribution in [3.63, 3.8) is 0 Å². The molecule has 1 heterocycles. The summed E-state index contributed by atoms with van der Waals surface area (Å²) >= 11 is 0. The first-order valence-corrected chi connectivity index (χ1v) is 7.44. The smallest absolute Gasteiger partial charge is 0.141 e. The van der Waals surface area contributed by atoms with E-state index in [1.165, 1.54) is 35.2 Å². The number of nitrogens with zero attached hydrogens (tertiary/aromatic N) is 1. The van der Waals surface area contributed by atoms with E-state index in [1.54, 1.807) is 7.11 Å². The topological polar surface area (TPSA) is 38.5 Å². The zero-order valence-corrected chi connectivity index (χ0v) is 12.7. The minimum Gasteiger partial charge on any atom is -0.495 e. The number of hydrogen-bond acceptors (Lipinski definition) is 3. The zero-order chi connectivity index (χ0) is 14.8. The Morgan fingerprint density at radius 3 is 2.81 bits per heavy atom. The fourth-order valence-electron chi connectivity index (χ4n) is 3.07. The average Bonchev–Trinajstić information content (AvgIpc) is 2.47. The van der Waals surface area contributed by atoms with E-state index in [4.69, 9.17) is 10.5 Å². The lowest BCUT2D eigenvalue weighted by Gasteiger charge is -2.31. The first-order valence-electron chi connectivity index (χ1n) is 7.44. The molecule has 0 unspecified atom stereocenters. The largest absolute Gasteiger partial charge is 0.495 e. The third-order valence-electron chi connectivity index (χ3n) is 4.12. The standard InChI is InChI=1S/C18H22N2O/c1-13-5-7-17-15(10-13)4-3-9-20(17)12-14-6-8-18(21-2)16(19)11-14/h5-8,10-11H,3-4,9,12,19H2,1-2H3. The van der Waals surface area contributed by atoms with Gasteiger partial charge >= 0.3 is 0 Å². The summed E-state index contributed by atoms with van der Waals surface area (Å²) < 4.78 is 5.22. The van der Waals surface area contributed by atoms with Crippen LogP contribution in [-0.4, -0.2) is 13.7 Å². The van der Waals surface area contributed by atoms with Gasteiger partial charge in [0.25, 0.3) is 0 Å². The molecule has 0 aromatic heterocycles. The number of aryl methyl sites for hydroxylation is 2. The lowest BCUT2D eigenvalue weighted by atomic mass is 9.99. The van der Waals surface area contributed by atoms with Gasteiger partial charge in [-0.1, -0.05) is 23.8 Å². The summed E-state index contributed by atoms with van der Waals surface area (Å²) in [5.41, 5.74) is 12.1. The number of rotatable bonds is 3. The predicted molar refractivity (Wildman–Crippen MR) is 88.0 cm³/mol. The number of methoxy groups -OCH3 is 1. The van der Waals surface area contributed by atoms with Crippen molar-refractivity contribution in [1.29, 1.82) is 0 Å². The molecular weight excluding hydrogens is 260 g/mol. The molecule has 0 saturated heterocycles. The van der Waals surface area contributed by atoms with Crippen molar-refractivity contribution in [2.45, 2.75) is 26.3 Å². The summed E-state index contributed by atoms with van der Waals surface area (Å²) in [4.78, 5) is 2.44. The number of benzene rings is 2. The Hall–Kier alpha value is -2.16. The van der Waals surface area contributed by atoms with Gasteiger partial charge in [0.15, 0.2) is 0 Å². The fourth-order valence-corrected chi connectivity index (χ4v) is 3.07. The van der Waals surface area contributed by atoms with Gasteiger partial charge in [0.1, 0.15) is 5.75 Å². The molecule has 0 radical (unpaired) electrons. The highest BCUT2D eigenvalue weighted by atomic mass is 16.5. The van der Waals surface area contributed by atoms with E-state index in [0.29, 0.717) is 5.69 Å². The molecule has 2 N–H and O–H groups in total. The van der Waals surface area contributed by atoms with E-state index in [2.05, 4.69) is 36.1 Å². The van der Waals surface area contributed by atoms with Gasteiger partial charge in [-0.15, -0.1) is 0 Å². The maximum atomic E-state index is 6.01. The number of nitrogen functional groups attached to an aromatic ring is 1. The Balaban J connectivity index is 1.85. The number of fused-ring (bicyclic) bond motifs is 1. The van der Waals surface area contributed by atoms with E-state index in [0.717, 1.165) is 18.8 Å². The molecule has 0 fully saturated rings. The van der Waals surface area contributed by atoms with Gasteiger partial charge in [0.05, 0.1) is 12.8 Å². The number of ether oxygens (including phenoxy) is 1. The summed E-state index contributed by atoms with van der Waals surface area (Å²) in [6.07, 6.45) is 2.39. The van der Waals surface area contributed by atoms with Gasteiger partial charge < -0.3 is 15.4 Å². The summed E-state index contributed by atoms with van der Waals surface area (Å²) in [6.45, 7) is 4.15. The Kier molecular flexibility index (Phi) is 3.74. The molecule has 3 rings (SSSR count). The van der Waals surface area contributed by atoms with Crippen LogP contribution >= 0.6 is 0 Å². The van der Waals surface area contributed by atoms with Gasteiger partial charge in [0.2, 0.25) is 0 Å². The van der Waals surface area contributed by atoms with E-state index < -0.39 is 0 Å². The van der Waals surface area contributed by atoms with Crippen LogP contribution in [0, 0.1) is 6.92 Å². The van der Waals surface area contributed by atoms with Crippen molar-refractivity contribution >= 4 is 11.4 Å². The van der Waals surface area contributed by atoms with Gasteiger partial charge in [-0.25, -0.2) is 0 Å². The van der Waals surface area contributed by atoms with Crippen LogP contribution in [0.3, 0.4) is 0 Å². The highest BCUT2D eigenvalue weighted by Crippen LogP contribution is 2.30. The van der Waals surface area contributed by atoms with Crippen molar-refractivity contribution < 1.29 is 4.74 Å². The van der Waals surface area contributed by atoms with E-state index in [9.17, 15) is 0 Å². The minimum atomic E-state index is 0.705. The molecule has 0 aliphatic carbocycles. The molecular formula is C18H22N2O. The molecule has 21 heavy (non-hydrogen) atoms. The quantitative estimate of drug-likeness (QED) is 0.875. The summed E-state index contributed by atoms with van der Waals surface area (Å²) in [7, 11) is 1.65. The van der Waals surface area contributed by atoms with E-state index in [1.807, 2.05) is 12.1 Å². The van der Waals surface area contributed by atoms with Gasteiger partial charge in [-0.3, -0.25) is 0 Å². The third kappa shape index (κ3) is 2.82. The van der Waals surface area contributed by atoms with Crippen molar-refractivity contribution in [3.05, 3.63) is 53.1 Å². The summed E-state index contributed by atoms with van der Waals surface area (Å²) in [5.74, 6) is 0.744. The number of nitrogens with two attached hydrogens (primary N) is 1. The summed E-state index contributed by atoms with van der Waals surface area (Å²) in [5, 5.41) is 0. The highest BCUT2D eigenvalue weighted by Gasteiger charge is 2.17. The Morgan fingerprint density at radius 2 is 2.05 bits per heavy atom. The molecule has 0 amide bonds. The molecule has 1 aliphatic heterocycles. The monoisotopic (exact) mass is 282 g/mol. The van der Waals surface area contributed by atoms with Crippen molar-refractivity contribution in [1.82, 2.24) is 0 Å². The minimum absolute atomic E-state index is 0.705. The van der Waals surface area contributed by atoms with Crippen LogP contribution in [0.25, 0.3) is 0 Å². The average molecular weight is 282 g/mol. The second kappa shape index (κ2) is 5.68. The normalized spacial score (nSPS) is 13.9. The molecule has 3 nitrogen and oxygen atoms in total. The van der Waals surface area contributed by atoms with Crippen LogP contribution in [0.2, 0.25) is 0 Å². The lowest BCUT2D eigenvalue weighted by Crippen LogP contribution is -2.28. The van der Waals surface area contributed by atoms with Crippen LogP contribution in [0.5, 0.6) is 5.75 Å². The molecule has 0 bridgehead atoms. The van der Waals surface area contributed by atoms with Crippen LogP contribution in [0.1, 0.15) is 23.1 Å². The number of hydrogen-bond donors (Lipinski definition) is 1. The lowest BCUT2D eigenvalue weighted by molar-refractivity contribution is 0.417. The van der Waals surface area contributed by atoms with E-state index in [-0.39, 0.29) is 0 Å². The molecule has 1 aliphatic rings. The molecule has 3 heteroatoms. The zero-order valence-electron chi connectivity index (χ0n) is 12.7. The Morgan fingerprint density at radius 1 is 1.19 bits per heavy atom.